The van der Waals surface area contributed by atoms with Crippen LogP contribution in [0.15, 0.2) is 59.1 Å². The average Bonchev–Trinajstić information content (AvgIpc) is 2.65. The van der Waals surface area contributed by atoms with Crippen molar-refractivity contribution < 1.29 is 14.7 Å². The Morgan fingerprint density at radius 3 is 2.67 bits per heavy atom. The molecule has 2 amide bonds. The Morgan fingerprint density at radius 1 is 1.15 bits per heavy atom. The van der Waals surface area contributed by atoms with Crippen molar-refractivity contribution in [3.63, 3.8) is 0 Å². The second kappa shape index (κ2) is 7.09. The van der Waals surface area contributed by atoms with Gasteiger partial charge in [0, 0.05) is 10.9 Å². The number of carbonyl (C=O) groups excluding carboxylic acids is 2. The number of hydrogen-bond donors (Lipinski definition) is 2. The summed E-state index contributed by atoms with van der Waals surface area (Å²) < 4.78 is 0.868. The molecule has 5 nitrogen and oxygen atoms in total. The van der Waals surface area contributed by atoms with Crippen molar-refractivity contribution in [1.82, 2.24) is 10.2 Å². The Balaban J connectivity index is 1.74. The highest BCUT2D eigenvalue weighted by Crippen LogP contribution is 2.45. The Labute approximate surface area is 166 Å². The molecule has 1 aliphatic carbocycles. The number of carbonyl (C=O) groups is 2. The molecule has 6 heteroatoms. The number of amides is 2. The molecule has 2 aromatic rings. The highest BCUT2D eigenvalue weighted by molar-refractivity contribution is 9.10. The van der Waals surface area contributed by atoms with Crippen LogP contribution in [0.2, 0.25) is 0 Å². The number of aliphatic hydroxyl groups is 1. The van der Waals surface area contributed by atoms with Gasteiger partial charge >= 0.3 is 6.03 Å². The van der Waals surface area contributed by atoms with E-state index in [0.29, 0.717) is 19.3 Å². The molecular weight excluding hydrogens is 408 g/mol. The molecule has 1 saturated heterocycles. The summed E-state index contributed by atoms with van der Waals surface area (Å²) in [7, 11) is 0. The van der Waals surface area contributed by atoms with E-state index in [9.17, 15) is 14.7 Å². The van der Waals surface area contributed by atoms with Crippen molar-refractivity contribution in [1.29, 1.82) is 0 Å². The first-order valence-corrected chi connectivity index (χ1v) is 9.91. The first-order valence-electron chi connectivity index (χ1n) is 9.12. The topological polar surface area (TPSA) is 69.6 Å². The predicted molar refractivity (Wildman–Crippen MR) is 105 cm³/mol. The Hall–Kier alpha value is -2.18. The van der Waals surface area contributed by atoms with E-state index in [1.807, 2.05) is 54.6 Å². The Kier molecular flexibility index (Phi) is 4.78. The fourth-order valence-corrected chi connectivity index (χ4v) is 4.68. The SMILES string of the molecule is O=C1CCC[C@]2(O)[C@H]1[C@H](c1cccc(Br)c1)NC(=O)N2Cc1ccccc1. The molecular formula is C21H21BrN2O3. The maximum absolute atomic E-state index is 13.0. The van der Waals surface area contributed by atoms with Gasteiger partial charge in [-0.25, -0.2) is 4.79 Å². The van der Waals surface area contributed by atoms with Crippen LogP contribution < -0.4 is 5.32 Å². The van der Waals surface area contributed by atoms with Crippen LogP contribution in [0.25, 0.3) is 0 Å². The molecule has 3 atom stereocenters. The zero-order chi connectivity index (χ0) is 19.0. The monoisotopic (exact) mass is 428 g/mol. The van der Waals surface area contributed by atoms with E-state index in [1.165, 1.54) is 4.90 Å². The third kappa shape index (κ3) is 3.28. The van der Waals surface area contributed by atoms with E-state index in [-0.39, 0.29) is 18.4 Å². The van der Waals surface area contributed by atoms with Crippen molar-refractivity contribution in [3.05, 3.63) is 70.2 Å². The lowest BCUT2D eigenvalue weighted by Crippen LogP contribution is -2.69. The average molecular weight is 429 g/mol. The molecule has 0 aromatic heterocycles. The van der Waals surface area contributed by atoms with Gasteiger partial charge in [-0.05, 0) is 36.1 Å². The van der Waals surface area contributed by atoms with Gasteiger partial charge in [0.25, 0.3) is 0 Å². The predicted octanol–water partition coefficient (Wildman–Crippen LogP) is 3.77. The number of nitrogens with one attached hydrogen (secondary N) is 1. The molecule has 0 radical (unpaired) electrons. The second-order valence-corrected chi connectivity index (χ2v) is 8.15. The van der Waals surface area contributed by atoms with Crippen LogP contribution in [0, 0.1) is 5.92 Å². The molecule has 27 heavy (non-hydrogen) atoms. The number of benzene rings is 2. The van der Waals surface area contributed by atoms with E-state index in [0.717, 1.165) is 15.6 Å². The van der Waals surface area contributed by atoms with Gasteiger partial charge in [0.15, 0.2) is 5.72 Å². The van der Waals surface area contributed by atoms with Crippen LogP contribution in [0.1, 0.15) is 36.4 Å². The van der Waals surface area contributed by atoms with E-state index < -0.39 is 17.7 Å². The molecule has 0 bridgehead atoms. The number of rotatable bonds is 3. The van der Waals surface area contributed by atoms with Crippen molar-refractivity contribution >= 4 is 27.7 Å². The highest BCUT2D eigenvalue weighted by Gasteiger charge is 2.57. The summed E-state index contributed by atoms with van der Waals surface area (Å²) in [6, 6.07) is 16.2. The number of Topliss-reactive ketones (excluding diaryl/α,β-unsaturated/α-hetero) is 1. The van der Waals surface area contributed by atoms with Gasteiger partial charge in [-0.15, -0.1) is 0 Å². The molecule has 1 heterocycles. The molecule has 2 aliphatic rings. The van der Waals surface area contributed by atoms with Gasteiger partial charge in [-0.3, -0.25) is 9.69 Å². The number of halogens is 1. The molecule has 1 saturated carbocycles. The number of nitrogens with zero attached hydrogens (tertiary/aromatic N) is 1. The third-order valence-corrected chi connectivity index (χ3v) is 6.02. The van der Waals surface area contributed by atoms with Crippen molar-refractivity contribution in [2.24, 2.45) is 5.92 Å². The highest BCUT2D eigenvalue weighted by atomic mass is 79.9. The summed E-state index contributed by atoms with van der Waals surface area (Å²) in [6.45, 7) is 0.262. The van der Waals surface area contributed by atoms with Crippen molar-refractivity contribution in [3.8, 4) is 0 Å². The maximum Gasteiger partial charge on any atom is 0.320 e. The van der Waals surface area contributed by atoms with Crippen LogP contribution in [-0.2, 0) is 11.3 Å². The van der Waals surface area contributed by atoms with Gasteiger partial charge in [0.05, 0.1) is 18.5 Å². The summed E-state index contributed by atoms with van der Waals surface area (Å²) in [5, 5.41) is 14.6. The standard InChI is InChI=1S/C21H21BrN2O3/c22-16-9-4-8-15(12-16)19-18-17(25)10-5-11-21(18,27)24(20(26)23-19)13-14-6-2-1-3-7-14/h1-4,6-9,12,18-19,27H,5,10-11,13H2,(H,23,26)/t18-,19+,21+/m1/s1. The van der Waals surface area contributed by atoms with Crippen molar-refractivity contribution in [2.75, 3.05) is 0 Å². The summed E-state index contributed by atoms with van der Waals surface area (Å²) in [5.41, 5.74) is 0.245. The third-order valence-electron chi connectivity index (χ3n) is 5.53. The zero-order valence-electron chi connectivity index (χ0n) is 14.8. The van der Waals surface area contributed by atoms with Gasteiger partial charge in [0.2, 0.25) is 0 Å². The number of ketones is 1. The quantitative estimate of drug-likeness (QED) is 0.781. The summed E-state index contributed by atoms with van der Waals surface area (Å²) in [4.78, 5) is 27.3. The summed E-state index contributed by atoms with van der Waals surface area (Å²) >= 11 is 3.45. The maximum atomic E-state index is 13.0. The molecule has 2 N–H and O–H groups in total. The van der Waals surface area contributed by atoms with Crippen molar-refractivity contribution in [2.45, 2.75) is 37.6 Å². The molecule has 140 valence electrons. The number of fused-ring (bicyclic) bond motifs is 1. The lowest BCUT2D eigenvalue weighted by Gasteiger charge is -2.53. The fourth-order valence-electron chi connectivity index (χ4n) is 4.27. The normalized spacial score (nSPS) is 27.9. The molecule has 0 unspecified atom stereocenters. The first-order chi connectivity index (χ1) is 13.0. The van der Waals surface area contributed by atoms with Crippen LogP contribution in [0.3, 0.4) is 0 Å². The largest absolute Gasteiger partial charge is 0.370 e. The van der Waals surface area contributed by atoms with E-state index in [2.05, 4.69) is 21.2 Å². The zero-order valence-corrected chi connectivity index (χ0v) is 16.4. The molecule has 4 rings (SSSR count). The molecule has 1 aliphatic heterocycles. The molecule has 0 spiro atoms. The Morgan fingerprint density at radius 2 is 1.93 bits per heavy atom. The lowest BCUT2D eigenvalue weighted by molar-refractivity contribution is -0.180. The minimum Gasteiger partial charge on any atom is -0.370 e. The Bertz CT molecular complexity index is 873. The smallest absolute Gasteiger partial charge is 0.320 e. The number of urea groups is 1. The minimum absolute atomic E-state index is 0.00760. The summed E-state index contributed by atoms with van der Waals surface area (Å²) in [5.74, 6) is -0.700. The van der Waals surface area contributed by atoms with Gasteiger partial charge in [-0.2, -0.15) is 0 Å². The summed E-state index contributed by atoms with van der Waals surface area (Å²) in [6.07, 6.45) is 1.40. The number of hydrogen-bond acceptors (Lipinski definition) is 3. The fraction of sp³-hybridized carbons (Fsp3) is 0.333. The minimum atomic E-state index is -1.49. The second-order valence-electron chi connectivity index (χ2n) is 7.23. The molecule has 2 fully saturated rings. The van der Waals surface area contributed by atoms with Gasteiger partial charge < -0.3 is 10.4 Å². The van der Waals surface area contributed by atoms with Crippen LogP contribution in [0.5, 0.6) is 0 Å². The molecule has 2 aromatic carbocycles. The van der Waals surface area contributed by atoms with Crippen LogP contribution >= 0.6 is 15.9 Å². The van der Waals surface area contributed by atoms with E-state index in [4.69, 9.17) is 0 Å². The first kappa shape index (κ1) is 18.2. The lowest BCUT2D eigenvalue weighted by atomic mass is 9.71. The van der Waals surface area contributed by atoms with E-state index in [1.54, 1.807) is 0 Å². The van der Waals surface area contributed by atoms with Gasteiger partial charge in [0.1, 0.15) is 5.78 Å². The van der Waals surface area contributed by atoms with Crippen LogP contribution in [0.4, 0.5) is 4.79 Å². The van der Waals surface area contributed by atoms with Crippen LogP contribution in [-0.4, -0.2) is 27.5 Å². The van der Waals surface area contributed by atoms with Gasteiger partial charge in [-0.1, -0.05) is 58.4 Å². The van der Waals surface area contributed by atoms with E-state index >= 15 is 0 Å².